The number of hydrogen-bond acceptors (Lipinski definition) is 3. The van der Waals surface area contributed by atoms with E-state index < -0.39 is 0 Å². The van der Waals surface area contributed by atoms with Crippen molar-refractivity contribution in [3.8, 4) is 0 Å². The van der Waals surface area contributed by atoms with E-state index in [9.17, 15) is 0 Å². The first-order valence-corrected chi connectivity index (χ1v) is 9.29. The lowest BCUT2D eigenvalue weighted by Crippen LogP contribution is -2.22. The van der Waals surface area contributed by atoms with E-state index in [4.69, 9.17) is 27.5 Å². The number of rotatable bonds is 14. The minimum absolute atomic E-state index is 0.0370. The molecule has 0 heterocycles. The Morgan fingerprint density at radius 1 is 0.762 bits per heavy atom. The maximum absolute atomic E-state index is 8.30. The van der Waals surface area contributed by atoms with Crippen molar-refractivity contribution >= 4 is 11.6 Å². The molecular formula is C17H38ClNO2. The van der Waals surface area contributed by atoms with Crippen LogP contribution in [0.25, 0.3) is 0 Å². The molecule has 0 amide bonds. The fourth-order valence-electron chi connectivity index (χ4n) is 2.06. The van der Waals surface area contributed by atoms with Crippen LogP contribution in [-0.4, -0.2) is 35.3 Å². The third kappa shape index (κ3) is 25.5. The maximum atomic E-state index is 8.30. The van der Waals surface area contributed by atoms with Gasteiger partial charge in [0.05, 0.1) is 0 Å². The van der Waals surface area contributed by atoms with Crippen LogP contribution >= 0.6 is 11.6 Å². The zero-order valence-electron chi connectivity index (χ0n) is 14.0. The van der Waals surface area contributed by atoms with Gasteiger partial charge in [0.1, 0.15) is 0 Å². The highest BCUT2D eigenvalue weighted by atomic mass is 35.5. The quantitative estimate of drug-likeness (QED) is 0.331. The van der Waals surface area contributed by atoms with Crippen molar-refractivity contribution in [3.63, 3.8) is 0 Å². The van der Waals surface area contributed by atoms with Gasteiger partial charge in [-0.2, -0.15) is 0 Å². The van der Waals surface area contributed by atoms with Crippen LogP contribution in [0.15, 0.2) is 0 Å². The Morgan fingerprint density at radius 3 is 1.48 bits per heavy atom. The summed E-state index contributed by atoms with van der Waals surface area (Å²) in [5, 5.41) is 16.6. The summed E-state index contributed by atoms with van der Waals surface area (Å²) in [4.78, 5) is 0. The zero-order chi connectivity index (χ0) is 16.2. The van der Waals surface area contributed by atoms with Gasteiger partial charge < -0.3 is 15.9 Å². The Hall–Kier alpha value is 0.170. The van der Waals surface area contributed by atoms with Crippen LogP contribution in [0.5, 0.6) is 0 Å². The molecular weight excluding hydrogens is 286 g/mol. The standard InChI is InChI=1S/C12H25Cl.C5H13NO2/c1-2-3-4-5-6-7-8-9-10-11-12-13;6-5(1-3-7)2-4-8/h2-12H2,1H3;5,7-8H,1-4,6H2. The number of aliphatic hydroxyl groups excluding tert-OH is 2. The molecule has 0 bridgehead atoms. The molecule has 0 spiro atoms. The van der Waals surface area contributed by atoms with Gasteiger partial charge in [-0.3, -0.25) is 0 Å². The van der Waals surface area contributed by atoms with Gasteiger partial charge in [-0.25, -0.2) is 0 Å². The normalized spacial score (nSPS) is 10.6. The number of alkyl halides is 1. The van der Waals surface area contributed by atoms with Gasteiger partial charge in [-0.15, -0.1) is 11.6 Å². The SMILES string of the molecule is CCCCCCCCCCCCCl.NC(CCO)CCO. The van der Waals surface area contributed by atoms with E-state index >= 15 is 0 Å². The summed E-state index contributed by atoms with van der Waals surface area (Å²) in [6.07, 6.45) is 15.1. The highest BCUT2D eigenvalue weighted by molar-refractivity contribution is 6.17. The second-order valence-electron chi connectivity index (χ2n) is 5.66. The number of halogens is 1. The predicted octanol–water partition coefficient (Wildman–Crippen LogP) is 4.22. The molecule has 0 aromatic heterocycles. The summed E-state index contributed by atoms with van der Waals surface area (Å²) in [5.74, 6) is 0.844. The average Bonchev–Trinajstić information content (AvgIpc) is 2.47. The molecule has 21 heavy (non-hydrogen) atoms. The fourth-order valence-corrected chi connectivity index (χ4v) is 2.25. The van der Waals surface area contributed by atoms with Crippen LogP contribution in [0.1, 0.15) is 84.0 Å². The van der Waals surface area contributed by atoms with E-state index in [0.717, 1.165) is 5.88 Å². The lowest BCUT2D eigenvalue weighted by Gasteiger charge is -2.05. The predicted molar refractivity (Wildman–Crippen MR) is 93.9 cm³/mol. The molecule has 0 atom stereocenters. The van der Waals surface area contributed by atoms with Gasteiger partial charge in [-0.1, -0.05) is 64.7 Å². The molecule has 4 N–H and O–H groups in total. The van der Waals surface area contributed by atoms with Gasteiger partial charge in [-0.05, 0) is 19.3 Å². The number of unbranched alkanes of at least 4 members (excludes halogenated alkanes) is 9. The van der Waals surface area contributed by atoms with Gasteiger partial charge in [0.15, 0.2) is 0 Å². The Bertz CT molecular complexity index is 155. The van der Waals surface area contributed by atoms with E-state index in [1.54, 1.807) is 0 Å². The molecule has 0 aliphatic rings. The first-order valence-electron chi connectivity index (χ1n) is 8.76. The first-order chi connectivity index (χ1) is 10.2. The van der Waals surface area contributed by atoms with Crippen LogP contribution < -0.4 is 5.73 Å². The van der Waals surface area contributed by atoms with E-state index in [1.165, 1.54) is 64.2 Å². The van der Waals surface area contributed by atoms with Crippen molar-refractivity contribution in [3.05, 3.63) is 0 Å². The third-order valence-corrected chi connectivity index (χ3v) is 3.75. The fraction of sp³-hybridized carbons (Fsp3) is 1.00. The number of aliphatic hydroxyl groups is 2. The highest BCUT2D eigenvalue weighted by Gasteiger charge is 1.97. The third-order valence-electron chi connectivity index (χ3n) is 3.49. The number of hydrogen-bond donors (Lipinski definition) is 3. The lowest BCUT2D eigenvalue weighted by atomic mass is 10.1. The molecule has 130 valence electrons. The summed E-state index contributed by atoms with van der Waals surface area (Å²) in [6, 6.07) is -0.0370. The Labute approximate surface area is 137 Å². The Balaban J connectivity index is 0. The monoisotopic (exact) mass is 323 g/mol. The van der Waals surface area contributed by atoms with Crippen molar-refractivity contribution in [2.45, 2.75) is 90.0 Å². The summed E-state index contributed by atoms with van der Waals surface area (Å²) in [7, 11) is 0. The van der Waals surface area contributed by atoms with Crippen molar-refractivity contribution in [1.29, 1.82) is 0 Å². The van der Waals surface area contributed by atoms with E-state index in [2.05, 4.69) is 6.92 Å². The van der Waals surface area contributed by atoms with Crippen LogP contribution in [0.2, 0.25) is 0 Å². The Kier molecular flexibility index (Phi) is 25.1. The largest absolute Gasteiger partial charge is 0.396 e. The summed E-state index contributed by atoms with van der Waals surface area (Å²) in [5.41, 5.74) is 5.37. The molecule has 0 aliphatic carbocycles. The molecule has 4 heteroatoms. The van der Waals surface area contributed by atoms with Gasteiger partial charge >= 0.3 is 0 Å². The highest BCUT2D eigenvalue weighted by Crippen LogP contribution is 2.10. The van der Waals surface area contributed by atoms with Gasteiger partial charge in [0, 0.05) is 25.1 Å². The maximum Gasteiger partial charge on any atom is 0.0445 e. The zero-order valence-corrected chi connectivity index (χ0v) is 14.8. The van der Waals surface area contributed by atoms with Gasteiger partial charge in [0.2, 0.25) is 0 Å². The topological polar surface area (TPSA) is 66.5 Å². The second-order valence-corrected chi connectivity index (χ2v) is 6.03. The van der Waals surface area contributed by atoms with E-state index in [1.807, 2.05) is 0 Å². The average molecular weight is 324 g/mol. The van der Waals surface area contributed by atoms with Crippen molar-refractivity contribution in [2.24, 2.45) is 5.73 Å². The molecule has 0 radical (unpaired) electrons. The molecule has 0 aromatic rings. The van der Waals surface area contributed by atoms with Crippen molar-refractivity contribution < 1.29 is 10.2 Å². The van der Waals surface area contributed by atoms with Crippen LogP contribution in [0.4, 0.5) is 0 Å². The van der Waals surface area contributed by atoms with Crippen molar-refractivity contribution in [2.75, 3.05) is 19.1 Å². The molecule has 0 saturated carbocycles. The van der Waals surface area contributed by atoms with Crippen LogP contribution in [-0.2, 0) is 0 Å². The second kappa shape index (κ2) is 22.5. The summed E-state index contributed by atoms with van der Waals surface area (Å²) in [6.45, 7) is 2.49. The van der Waals surface area contributed by atoms with Crippen LogP contribution in [0, 0.1) is 0 Å². The molecule has 3 nitrogen and oxygen atoms in total. The summed E-state index contributed by atoms with van der Waals surface area (Å²) >= 11 is 5.60. The number of nitrogens with two attached hydrogens (primary N) is 1. The Morgan fingerprint density at radius 2 is 1.14 bits per heavy atom. The van der Waals surface area contributed by atoms with Crippen molar-refractivity contribution in [1.82, 2.24) is 0 Å². The molecule has 0 fully saturated rings. The van der Waals surface area contributed by atoms with E-state index in [-0.39, 0.29) is 19.3 Å². The first kappa shape index (κ1) is 23.4. The van der Waals surface area contributed by atoms with Gasteiger partial charge in [0.25, 0.3) is 0 Å². The smallest absolute Gasteiger partial charge is 0.0445 e. The molecule has 0 aromatic carbocycles. The molecule has 0 unspecified atom stereocenters. The minimum Gasteiger partial charge on any atom is -0.396 e. The van der Waals surface area contributed by atoms with Crippen LogP contribution in [0.3, 0.4) is 0 Å². The minimum atomic E-state index is -0.0370. The molecule has 0 aliphatic heterocycles. The lowest BCUT2D eigenvalue weighted by molar-refractivity contribution is 0.242. The summed E-state index contributed by atoms with van der Waals surface area (Å²) < 4.78 is 0. The molecule has 0 saturated heterocycles. The van der Waals surface area contributed by atoms with E-state index in [0.29, 0.717) is 12.8 Å². The molecule has 0 rings (SSSR count).